The van der Waals surface area contributed by atoms with Gasteiger partial charge in [-0.1, -0.05) is 35.3 Å². The van der Waals surface area contributed by atoms with Crippen molar-refractivity contribution in [2.75, 3.05) is 5.73 Å². The Morgan fingerprint density at radius 2 is 1.86 bits per heavy atom. The Balaban J connectivity index is 1.32. The lowest BCUT2D eigenvalue weighted by molar-refractivity contribution is 0.515. The molecule has 2 unspecified atom stereocenters. The number of H-pyrrole nitrogens is 1. The Labute approximate surface area is 214 Å². The molecular weight excluding hydrogens is 499 g/mol. The highest BCUT2D eigenvalue weighted by Gasteiger charge is 2.54. The van der Waals surface area contributed by atoms with Gasteiger partial charge in [-0.25, -0.2) is 4.98 Å². The maximum Gasteiger partial charge on any atom is 0.252 e. The molecule has 5 aromatic rings. The van der Waals surface area contributed by atoms with Crippen LogP contribution < -0.4 is 11.3 Å². The van der Waals surface area contributed by atoms with Crippen molar-refractivity contribution < 1.29 is 0 Å². The Morgan fingerprint density at radius 1 is 1.03 bits per heavy atom. The van der Waals surface area contributed by atoms with Gasteiger partial charge in [-0.05, 0) is 64.7 Å². The van der Waals surface area contributed by atoms with Crippen LogP contribution in [-0.2, 0) is 0 Å². The van der Waals surface area contributed by atoms with Crippen molar-refractivity contribution in [2.24, 2.45) is 5.92 Å². The normalized spacial score (nSPS) is 19.8. The molecule has 3 atom stereocenters. The van der Waals surface area contributed by atoms with Crippen molar-refractivity contribution in [3.8, 4) is 28.1 Å². The van der Waals surface area contributed by atoms with Crippen LogP contribution in [0.4, 0.5) is 5.69 Å². The lowest BCUT2D eigenvalue weighted by Crippen LogP contribution is -2.26. The summed E-state index contributed by atoms with van der Waals surface area (Å²) in [6, 6.07) is 16.3. The highest BCUT2D eigenvalue weighted by Crippen LogP contribution is 2.60. The van der Waals surface area contributed by atoms with E-state index >= 15 is 0 Å². The van der Waals surface area contributed by atoms with Crippen molar-refractivity contribution in [1.82, 2.24) is 34.7 Å². The van der Waals surface area contributed by atoms with Crippen molar-refractivity contribution >= 4 is 28.9 Å². The van der Waals surface area contributed by atoms with Crippen molar-refractivity contribution in [3.05, 3.63) is 93.0 Å². The van der Waals surface area contributed by atoms with Gasteiger partial charge >= 0.3 is 0 Å². The molecule has 0 amide bonds. The first-order valence-corrected chi connectivity index (χ1v) is 12.1. The molecular formula is C25H18Cl2N8O. The highest BCUT2D eigenvalue weighted by molar-refractivity contribution is 6.32. The number of nitrogens with one attached hydrogen (secondary N) is 1. The molecule has 7 rings (SSSR count). The average molecular weight is 517 g/mol. The summed E-state index contributed by atoms with van der Waals surface area (Å²) < 4.78 is 3.40. The topological polar surface area (TPSA) is 120 Å². The van der Waals surface area contributed by atoms with Gasteiger partial charge in [0.2, 0.25) is 0 Å². The third kappa shape index (κ3) is 3.27. The first kappa shape index (κ1) is 21.3. The molecule has 1 aliphatic carbocycles. The van der Waals surface area contributed by atoms with E-state index in [0.29, 0.717) is 27.4 Å². The van der Waals surface area contributed by atoms with E-state index in [4.69, 9.17) is 33.9 Å². The number of hydrogen-bond donors (Lipinski definition) is 2. The largest absolute Gasteiger partial charge is 0.399 e. The summed E-state index contributed by atoms with van der Waals surface area (Å²) in [5, 5.41) is 12.5. The van der Waals surface area contributed by atoms with Gasteiger partial charge in [0.15, 0.2) is 0 Å². The number of aromatic amines is 1. The Kier molecular flexibility index (Phi) is 4.61. The average Bonchev–Trinajstić information content (AvgIpc) is 3.18. The summed E-state index contributed by atoms with van der Waals surface area (Å²) in [5.41, 5.74) is 11.2. The first-order chi connectivity index (χ1) is 17.5. The molecule has 1 saturated carbocycles. The maximum atomic E-state index is 13.5. The fraction of sp³-hybridized carbons (Fsp3) is 0.160. The van der Waals surface area contributed by atoms with Crippen molar-refractivity contribution in [3.63, 3.8) is 0 Å². The molecule has 0 saturated heterocycles. The number of nitrogens with two attached hydrogens (primary N) is 1. The second-order valence-electron chi connectivity index (χ2n) is 9.15. The molecule has 1 aliphatic heterocycles. The smallest absolute Gasteiger partial charge is 0.252 e. The second-order valence-corrected chi connectivity index (χ2v) is 9.96. The number of nitrogens with zero attached hydrogens (tertiary/aromatic N) is 6. The molecule has 0 spiro atoms. The van der Waals surface area contributed by atoms with E-state index in [-0.39, 0.29) is 23.4 Å². The minimum atomic E-state index is -0.204. The first-order valence-electron chi connectivity index (χ1n) is 11.4. The number of tetrazole rings is 1. The zero-order valence-corrected chi connectivity index (χ0v) is 20.1. The highest BCUT2D eigenvalue weighted by atomic mass is 35.5. The van der Waals surface area contributed by atoms with Crippen molar-refractivity contribution in [1.29, 1.82) is 0 Å². The van der Waals surface area contributed by atoms with Crippen LogP contribution in [0.1, 0.15) is 29.9 Å². The van der Waals surface area contributed by atoms with E-state index in [1.807, 2.05) is 41.0 Å². The van der Waals surface area contributed by atoms with Crippen LogP contribution in [0.2, 0.25) is 10.2 Å². The van der Waals surface area contributed by atoms with Gasteiger partial charge in [0, 0.05) is 39.5 Å². The number of anilines is 1. The minimum Gasteiger partial charge on any atom is -0.399 e. The van der Waals surface area contributed by atoms with Gasteiger partial charge in [0.05, 0.1) is 11.7 Å². The summed E-state index contributed by atoms with van der Waals surface area (Å²) in [7, 11) is 0. The van der Waals surface area contributed by atoms with Gasteiger partial charge in [-0.2, -0.15) is 4.68 Å². The molecule has 178 valence electrons. The molecule has 0 bridgehead atoms. The number of pyridine rings is 1. The van der Waals surface area contributed by atoms with E-state index in [0.717, 1.165) is 34.5 Å². The molecule has 3 N–H and O–H groups in total. The van der Waals surface area contributed by atoms with E-state index in [9.17, 15) is 4.79 Å². The summed E-state index contributed by atoms with van der Waals surface area (Å²) >= 11 is 12.9. The number of aromatic nitrogens is 7. The third-order valence-corrected chi connectivity index (χ3v) is 7.52. The van der Waals surface area contributed by atoms with Crippen LogP contribution in [-0.4, -0.2) is 34.7 Å². The molecule has 11 heteroatoms. The van der Waals surface area contributed by atoms with E-state index < -0.39 is 0 Å². The van der Waals surface area contributed by atoms with Crippen LogP contribution in [0.15, 0.2) is 65.7 Å². The second kappa shape index (κ2) is 7.78. The molecule has 2 aromatic carbocycles. The van der Waals surface area contributed by atoms with E-state index in [1.165, 1.54) is 6.33 Å². The maximum absolute atomic E-state index is 13.5. The predicted octanol–water partition coefficient (Wildman–Crippen LogP) is 4.48. The Hall–Kier alpha value is -3.95. The molecule has 2 aliphatic rings. The fourth-order valence-electron chi connectivity index (χ4n) is 5.31. The number of nitrogen functional groups attached to an aromatic ring is 1. The van der Waals surface area contributed by atoms with E-state index in [2.05, 4.69) is 26.6 Å². The van der Waals surface area contributed by atoms with Gasteiger partial charge in [-0.3, -0.25) is 4.79 Å². The zero-order chi connectivity index (χ0) is 24.6. The van der Waals surface area contributed by atoms with Crippen LogP contribution in [0, 0.1) is 5.92 Å². The number of rotatable bonds is 4. The molecule has 4 heterocycles. The number of imidazole rings is 1. The number of fused-ring (bicyclic) bond motifs is 3. The Bertz CT molecular complexity index is 1690. The third-order valence-electron chi connectivity index (χ3n) is 7.01. The monoisotopic (exact) mass is 516 g/mol. The Morgan fingerprint density at radius 3 is 2.64 bits per heavy atom. The van der Waals surface area contributed by atoms with Crippen molar-refractivity contribution in [2.45, 2.75) is 18.4 Å². The lowest BCUT2D eigenvalue weighted by Gasteiger charge is -2.17. The number of benzene rings is 2. The van der Waals surface area contributed by atoms with Gasteiger partial charge in [-0.15, -0.1) is 5.10 Å². The molecule has 0 radical (unpaired) electrons. The minimum absolute atomic E-state index is 0.108. The van der Waals surface area contributed by atoms with Crippen LogP contribution in [0.5, 0.6) is 0 Å². The summed E-state index contributed by atoms with van der Waals surface area (Å²) in [5.74, 6) is 1.25. The van der Waals surface area contributed by atoms with Gasteiger partial charge < -0.3 is 15.3 Å². The standard InChI is InChI=1S/C25H18Cl2N8O/c26-14-3-6-19(34-11-29-32-33-34)16(9-14)13-7-20-17-10-18(17)23(35(20)21(36)8-13)25-30-22(24(27)31-25)12-1-4-15(28)5-2-12/h1-9,11,17-18,23H,10,28H2,(H,30,31)/t17-,18?,23?/m0/s1. The molecule has 3 aromatic heterocycles. The predicted molar refractivity (Wildman–Crippen MR) is 136 cm³/mol. The SMILES string of the molecule is Nc1ccc(-c2nc(C3C4C[C@@H]4c4cc(-c5cc(Cl)ccc5-n5cnnn5)cc(=O)n43)[nH]c2Cl)cc1. The van der Waals surface area contributed by atoms with Gasteiger partial charge in [0.1, 0.15) is 23.0 Å². The summed E-state index contributed by atoms with van der Waals surface area (Å²) in [6.07, 6.45) is 2.50. The van der Waals surface area contributed by atoms with Crippen LogP contribution >= 0.6 is 23.2 Å². The fourth-order valence-corrected chi connectivity index (χ4v) is 5.73. The molecule has 36 heavy (non-hydrogen) atoms. The summed E-state index contributed by atoms with van der Waals surface area (Å²) in [4.78, 5) is 21.6. The van der Waals surface area contributed by atoms with E-state index in [1.54, 1.807) is 16.8 Å². The quantitative estimate of drug-likeness (QED) is 0.340. The summed E-state index contributed by atoms with van der Waals surface area (Å²) in [6.45, 7) is 0. The van der Waals surface area contributed by atoms with Crippen LogP contribution in [0.3, 0.4) is 0 Å². The number of hydrogen-bond acceptors (Lipinski definition) is 6. The zero-order valence-electron chi connectivity index (χ0n) is 18.6. The lowest BCUT2D eigenvalue weighted by atomic mass is 10.0. The molecule has 9 nitrogen and oxygen atoms in total. The van der Waals surface area contributed by atoms with Gasteiger partial charge in [0.25, 0.3) is 5.56 Å². The van der Waals surface area contributed by atoms with Crippen LogP contribution in [0.25, 0.3) is 28.1 Å². The molecule has 1 fully saturated rings. The number of halogens is 2.